The number of rotatable bonds is 6. The molecule has 1 atom stereocenters. The molecule has 2 heterocycles. The van der Waals surface area contributed by atoms with Gasteiger partial charge in [0.2, 0.25) is 15.9 Å². The lowest BCUT2D eigenvalue weighted by molar-refractivity contribution is -0.125. The summed E-state index contributed by atoms with van der Waals surface area (Å²) in [7, 11) is -2.08. The molecular weight excluding hydrogens is 354 g/mol. The summed E-state index contributed by atoms with van der Waals surface area (Å²) in [6.45, 7) is 1.47. The molecular formula is C18H27N3O4S. The van der Waals surface area contributed by atoms with Gasteiger partial charge in [-0.3, -0.25) is 9.78 Å². The van der Waals surface area contributed by atoms with Crippen LogP contribution in [0.1, 0.15) is 32.1 Å². The molecule has 1 N–H and O–H groups in total. The number of carbonyl (C=O) groups excluding carboxylic acids is 1. The first-order valence-corrected chi connectivity index (χ1v) is 10.6. The van der Waals surface area contributed by atoms with E-state index in [9.17, 15) is 13.2 Å². The van der Waals surface area contributed by atoms with E-state index < -0.39 is 10.0 Å². The van der Waals surface area contributed by atoms with Crippen molar-refractivity contribution in [3.63, 3.8) is 0 Å². The lowest BCUT2D eigenvalue weighted by Gasteiger charge is -2.38. The summed E-state index contributed by atoms with van der Waals surface area (Å²) < 4.78 is 32.5. The zero-order valence-corrected chi connectivity index (χ0v) is 16.0. The third kappa shape index (κ3) is 3.92. The van der Waals surface area contributed by atoms with Gasteiger partial charge in [-0.2, -0.15) is 4.31 Å². The second-order valence-corrected chi connectivity index (χ2v) is 9.28. The van der Waals surface area contributed by atoms with Crippen molar-refractivity contribution < 1.29 is 17.9 Å². The number of methoxy groups -OCH3 is 1. The van der Waals surface area contributed by atoms with Gasteiger partial charge in [0.15, 0.2) is 0 Å². The third-order valence-electron chi connectivity index (χ3n) is 5.72. The molecule has 0 aromatic carbocycles. The molecule has 2 fully saturated rings. The van der Waals surface area contributed by atoms with Gasteiger partial charge in [-0.15, -0.1) is 0 Å². The Hall–Kier alpha value is -1.51. The van der Waals surface area contributed by atoms with Crippen molar-refractivity contribution in [2.75, 3.05) is 33.4 Å². The largest absolute Gasteiger partial charge is 0.375 e. The van der Waals surface area contributed by atoms with E-state index in [0.29, 0.717) is 19.6 Å². The van der Waals surface area contributed by atoms with Crippen LogP contribution in [0.4, 0.5) is 0 Å². The van der Waals surface area contributed by atoms with Gasteiger partial charge in [-0.25, -0.2) is 8.42 Å². The van der Waals surface area contributed by atoms with Crippen LogP contribution in [0.15, 0.2) is 29.4 Å². The highest BCUT2D eigenvalue weighted by Gasteiger charge is 2.50. The van der Waals surface area contributed by atoms with Gasteiger partial charge in [-0.05, 0) is 36.3 Å². The number of amides is 1. The number of carbonyl (C=O) groups is 1. The predicted octanol–water partition coefficient (Wildman–Crippen LogP) is 1.42. The maximum absolute atomic E-state index is 13.0. The summed E-state index contributed by atoms with van der Waals surface area (Å²) in [5.74, 6) is -0.0397. The Morgan fingerprint density at radius 1 is 1.38 bits per heavy atom. The number of ether oxygens (including phenoxy) is 1. The van der Waals surface area contributed by atoms with Crippen molar-refractivity contribution in [2.45, 2.75) is 37.0 Å². The SMILES string of the molecule is COCC(=O)NCC1CN(S(=O)(=O)c2cccnc2)CC12CCCCC2. The zero-order chi connectivity index (χ0) is 18.6. The fourth-order valence-corrected chi connectivity index (χ4v) is 5.88. The molecule has 1 spiro atoms. The summed E-state index contributed by atoms with van der Waals surface area (Å²) in [4.78, 5) is 16.0. The molecule has 26 heavy (non-hydrogen) atoms. The molecule has 7 nitrogen and oxygen atoms in total. The fourth-order valence-electron chi connectivity index (χ4n) is 4.34. The Balaban J connectivity index is 1.79. The zero-order valence-electron chi connectivity index (χ0n) is 15.2. The van der Waals surface area contributed by atoms with Crippen LogP contribution in [-0.2, 0) is 19.6 Å². The minimum atomic E-state index is -3.56. The number of nitrogens with zero attached hydrogens (tertiary/aromatic N) is 2. The summed E-state index contributed by atoms with van der Waals surface area (Å²) in [6.07, 6.45) is 8.41. The summed E-state index contributed by atoms with van der Waals surface area (Å²) >= 11 is 0. The molecule has 1 aromatic heterocycles. The van der Waals surface area contributed by atoms with E-state index in [2.05, 4.69) is 10.3 Å². The Morgan fingerprint density at radius 2 is 2.15 bits per heavy atom. The van der Waals surface area contributed by atoms with Crippen molar-refractivity contribution in [1.82, 2.24) is 14.6 Å². The molecule has 1 saturated heterocycles. The Morgan fingerprint density at radius 3 is 2.81 bits per heavy atom. The van der Waals surface area contributed by atoms with Crippen LogP contribution in [0.5, 0.6) is 0 Å². The van der Waals surface area contributed by atoms with Gasteiger partial charge in [0.25, 0.3) is 0 Å². The third-order valence-corrected chi connectivity index (χ3v) is 7.52. The normalized spacial score (nSPS) is 23.2. The monoisotopic (exact) mass is 381 g/mol. The molecule has 1 aliphatic heterocycles. The molecule has 1 saturated carbocycles. The van der Waals surface area contributed by atoms with E-state index in [4.69, 9.17) is 4.74 Å². The van der Waals surface area contributed by atoms with Gasteiger partial charge >= 0.3 is 0 Å². The number of hydrogen-bond acceptors (Lipinski definition) is 5. The molecule has 2 aliphatic rings. The van der Waals surface area contributed by atoms with Gasteiger partial charge in [0.05, 0.1) is 0 Å². The first-order valence-electron chi connectivity index (χ1n) is 9.14. The molecule has 0 radical (unpaired) electrons. The highest BCUT2D eigenvalue weighted by atomic mass is 32.2. The second kappa shape index (κ2) is 8.02. The number of aromatic nitrogens is 1. The van der Waals surface area contributed by atoms with Crippen LogP contribution in [0.25, 0.3) is 0 Å². The molecule has 8 heteroatoms. The summed E-state index contributed by atoms with van der Waals surface area (Å²) in [5.41, 5.74) is -0.0477. The molecule has 0 bridgehead atoms. The van der Waals surface area contributed by atoms with E-state index in [1.54, 1.807) is 22.6 Å². The summed E-state index contributed by atoms with van der Waals surface area (Å²) in [5, 5.41) is 2.91. The van der Waals surface area contributed by atoms with Crippen LogP contribution >= 0.6 is 0 Å². The molecule has 1 unspecified atom stereocenters. The van der Waals surface area contributed by atoms with Gasteiger partial charge < -0.3 is 10.1 Å². The first kappa shape index (κ1) is 19.3. The highest BCUT2D eigenvalue weighted by molar-refractivity contribution is 7.89. The maximum atomic E-state index is 13.0. The van der Waals surface area contributed by atoms with Crippen LogP contribution in [0.3, 0.4) is 0 Å². The Labute approximate surface area is 155 Å². The average Bonchev–Trinajstić information content (AvgIpc) is 3.00. The van der Waals surface area contributed by atoms with Crippen molar-refractivity contribution >= 4 is 15.9 Å². The summed E-state index contributed by atoms with van der Waals surface area (Å²) in [6, 6.07) is 3.23. The standard InChI is InChI=1S/C18H27N3O4S/c1-25-13-17(22)20-10-15-12-21(14-18(15)7-3-2-4-8-18)26(23,24)16-6-5-9-19-11-16/h5-6,9,11,15H,2-4,7-8,10,12-14H2,1H3,(H,20,22). The van der Waals surface area contributed by atoms with Gasteiger partial charge in [0.1, 0.15) is 11.5 Å². The lowest BCUT2D eigenvalue weighted by atomic mass is 9.68. The molecule has 1 aliphatic carbocycles. The van der Waals surface area contributed by atoms with Crippen molar-refractivity contribution in [3.8, 4) is 0 Å². The van der Waals surface area contributed by atoms with E-state index in [-0.39, 0.29) is 28.7 Å². The second-order valence-electron chi connectivity index (χ2n) is 7.34. The van der Waals surface area contributed by atoms with Crippen LogP contribution in [-0.4, -0.2) is 57.0 Å². The average molecular weight is 381 g/mol. The predicted molar refractivity (Wildman–Crippen MR) is 96.9 cm³/mol. The smallest absolute Gasteiger partial charge is 0.245 e. The van der Waals surface area contributed by atoms with E-state index >= 15 is 0 Å². The minimum Gasteiger partial charge on any atom is -0.375 e. The Kier molecular flexibility index (Phi) is 5.94. The van der Waals surface area contributed by atoms with Gasteiger partial charge in [0, 0.05) is 39.1 Å². The van der Waals surface area contributed by atoms with Crippen molar-refractivity contribution in [2.24, 2.45) is 11.3 Å². The molecule has 1 aromatic rings. The van der Waals surface area contributed by atoms with Gasteiger partial charge in [-0.1, -0.05) is 19.3 Å². The number of nitrogens with one attached hydrogen (secondary N) is 1. The van der Waals surface area contributed by atoms with E-state index in [1.807, 2.05) is 0 Å². The van der Waals surface area contributed by atoms with Crippen LogP contribution in [0, 0.1) is 11.3 Å². The van der Waals surface area contributed by atoms with Crippen molar-refractivity contribution in [1.29, 1.82) is 0 Å². The topological polar surface area (TPSA) is 88.6 Å². The Bertz CT molecular complexity index is 717. The van der Waals surface area contributed by atoms with Crippen molar-refractivity contribution in [3.05, 3.63) is 24.5 Å². The number of hydrogen-bond donors (Lipinski definition) is 1. The number of sulfonamides is 1. The minimum absolute atomic E-state index is 0.0252. The highest BCUT2D eigenvalue weighted by Crippen LogP contribution is 2.48. The lowest BCUT2D eigenvalue weighted by Crippen LogP contribution is -2.40. The fraction of sp³-hybridized carbons (Fsp3) is 0.667. The van der Waals surface area contributed by atoms with E-state index in [0.717, 1.165) is 25.7 Å². The molecule has 1 amide bonds. The molecule has 3 rings (SSSR count). The van der Waals surface area contributed by atoms with E-state index in [1.165, 1.54) is 19.7 Å². The number of pyridine rings is 1. The van der Waals surface area contributed by atoms with Crippen LogP contribution in [0.2, 0.25) is 0 Å². The van der Waals surface area contributed by atoms with Crippen LogP contribution < -0.4 is 5.32 Å². The molecule has 144 valence electrons. The maximum Gasteiger partial charge on any atom is 0.245 e. The quantitative estimate of drug-likeness (QED) is 0.805. The first-order chi connectivity index (χ1) is 12.5.